The number of aromatic nitrogens is 2. The van der Waals surface area contributed by atoms with E-state index in [1.54, 1.807) is 0 Å². The number of amides is 1. The SMILES string of the molecule is Cc1n[nH]c(C)c1CCNC(=O)C1(C)CCOc2ccccc21. The zero-order chi connectivity index (χ0) is 16.4. The fourth-order valence-electron chi connectivity index (χ4n) is 3.22. The first-order chi connectivity index (χ1) is 11.0. The Bertz CT molecular complexity index is 703. The molecule has 1 aromatic carbocycles. The van der Waals surface area contributed by atoms with E-state index in [9.17, 15) is 4.79 Å². The average Bonchev–Trinajstić information content (AvgIpc) is 2.87. The van der Waals surface area contributed by atoms with E-state index >= 15 is 0 Å². The maximum absolute atomic E-state index is 12.8. The second kappa shape index (κ2) is 6.07. The molecule has 5 heteroatoms. The normalized spacial score (nSPS) is 19.8. The number of nitrogens with one attached hydrogen (secondary N) is 2. The molecule has 122 valence electrons. The third kappa shape index (κ3) is 2.83. The number of fused-ring (bicyclic) bond motifs is 1. The standard InChI is InChI=1S/C18H23N3O2/c1-12-14(13(2)21-20-12)8-10-19-17(22)18(3)9-11-23-16-7-5-4-6-15(16)18/h4-7H,8-11H2,1-3H3,(H,19,22)(H,20,21). The number of aryl methyl sites for hydroxylation is 2. The first-order valence-electron chi connectivity index (χ1n) is 8.03. The summed E-state index contributed by atoms with van der Waals surface area (Å²) in [6.07, 6.45) is 1.48. The van der Waals surface area contributed by atoms with Crippen LogP contribution in [0, 0.1) is 13.8 Å². The Balaban J connectivity index is 1.69. The van der Waals surface area contributed by atoms with Crippen LogP contribution >= 0.6 is 0 Å². The van der Waals surface area contributed by atoms with Gasteiger partial charge in [-0.3, -0.25) is 9.89 Å². The van der Waals surface area contributed by atoms with Crippen molar-refractivity contribution < 1.29 is 9.53 Å². The van der Waals surface area contributed by atoms with E-state index in [2.05, 4.69) is 15.5 Å². The largest absolute Gasteiger partial charge is 0.493 e. The summed E-state index contributed by atoms with van der Waals surface area (Å²) in [7, 11) is 0. The maximum Gasteiger partial charge on any atom is 0.230 e. The predicted molar refractivity (Wildman–Crippen MR) is 88.7 cm³/mol. The van der Waals surface area contributed by atoms with Crippen LogP contribution in [0.3, 0.4) is 0 Å². The molecular weight excluding hydrogens is 290 g/mol. The fourth-order valence-corrected chi connectivity index (χ4v) is 3.22. The van der Waals surface area contributed by atoms with Gasteiger partial charge in [-0.1, -0.05) is 18.2 Å². The zero-order valence-corrected chi connectivity index (χ0v) is 13.9. The van der Waals surface area contributed by atoms with E-state index in [0.29, 0.717) is 19.6 Å². The van der Waals surface area contributed by atoms with Crippen LogP contribution in [0.1, 0.15) is 35.9 Å². The topological polar surface area (TPSA) is 67.0 Å². The molecule has 0 saturated heterocycles. The summed E-state index contributed by atoms with van der Waals surface area (Å²) in [5.74, 6) is 0.880. The van der Waals surface area contributed by atoms with Gasteiger partial charge >= 0.3 is 0 Å². The van der Waals surface area contributed by atoms with E-state index in [4.69, 9.17) is 4.74 Å². The molecule has 23 heavy (non-hydrogen) atoms. The van der Waals surface area contributed by atoms with Crippen LogP contribution in [0.5, 0.6) is 5.75 Å². The highest BCUT2D eigenvalue weighted by atomic mass is 16.5. The van der Waals surface area contributed by atoms with Crippen molar-refractivity contribution in [2.45, 2.75) is 39.0 Å². The van der Waals surface area contributed by atoms with Crippen molar-refractivity contribution >= 4 is 5.91 Å². The molecule has 2 N–H and O–H groups in total. The molecule has 5 nitrogen and oxygen atoms in total. The number of para-hydroxylation sites is 1. The Morgan fingerprint density at radius 2 is 2.17 bits per heavy atom. The lowest BCUT2D eigenvalue weighted by molar-refractivity contribution is -0.127. The first-order valence-corrected chi connectivity index (χ1v) is 8.03. The summed E-state index contributed by atoms with van der Waals surface area (Å²) >= 11 is 0. The van der Waals surface area contributed by atoms with Gasteiger partial charge in [0.2, 0.25) is 5.91 Å². The molecule has 0 saturated carbocycles. The summed E-state index contributed by atoms with van der Waals surface area (Å²) in [5.41, 5.74) is 3.69. The molecule has 1 aromatic heterocycles. The monoisotopic (exact) mass is 313 g/mol. The molecule has 1 aliphatic heterocycles. The Labute approximate surface area is 136 Å². The molecule has 0 radical (unpaired) electrons. The maximum atomic E-state index is 12.8. The van der Waals surface area contributed by atoms with Gasteiger partial charge in [-0.05, 0) is 45.2 Å². The number of ether oxygens (including phenoxy) is 1. The zero-order valence-electron chi connectivity index (χ0n) is 13.9. The molecule has 2 heterocycles. The second-order valence-electron chi connectivity index (χ2n) is 6.35. The number of aromatic amines is 1. The molecule has 0 spiro atoms. The van der Waals surface area contributed by atoms with Crippen molar-refractivity contribution in [2.75, 3.05) is 13.2 Å². The summed E-state index contributed by atoms with van der Waals surface area (Å²) in [5, 5.41) is 10.3. The smallest absolute Gasteiger partial charge is 0.230 e. The van der Waals surface area contributed by atoms with Gasteiger partial charge in [0, 0.05) is 17.8 Å². The van der Waals surface area contributed by atoms with Crippen LogP contribution in [0.2, 0.25) is 0 Å². The Morgan fingerprint density at radius 3 is 2.91 bits per heavy atom. The highest BCUT2D eigenvalue weighted by Gasteiger charge is 2.39. The highest BCUT2D eigenvalue weighted by molar-refractivity contribution is 5.88. The van der Waals surface area contributed by atoms with Crippen LogP contribution in [-0.2, 0) is 16.6 Å². The van der Waals surface area contributed by atoms with Gasteiger partial charge in [-0.25, -0.2) is 0 Å². The average molecular weight is 313 g/mol. The molecule has 1 amide bonds. The van der Waals surface area contributed by atoms with Crippen molar-refractivity contribution in [1.29, 1.82) is 0 Å². The van der Waals surface area contributed by atoms with Gasteiger partial charge < -0.3 is 10.1 Å². The number of nitrogens with zero attached hydrogens (tertiary/aromatic N) is 1. The number of hydrogen-bond donors (Lipinski definition) is 2. The van der Waals surface area contributed by atoms with E-state index < -0.39 is 5.41 Å². The van der Waals surface area contributed by atoms with Crippen molar-refractivity contribution in [3.8, 4) is 5.75 Å². The number of hydrogen-bond acceptors (Lipinski definition) is 3. The van der Waals surface area contributed by atoms with Gasteiger partial charge in [-0.2, -0.15) is 5.10 Å². The predicted octanol–water partition coefficient (Wildman–Crippen LogP) is 2.43. The molecule has 0 bridgehead atoms. The van der Waals surface area contributed by atoms with Gasteiger partial charge in [0.25, 0.3) is 0 Å². The molecule has 0 aliphatic carbocycles. The van der Waals surface area contributed by atoms with Gasteiger partial charge in [0.05, 0.1) is 17.7 Å². The minimum atomic E-state index is -0.532. The Morgan fingerprint density at radius 1 is 1.39 bits per heavy atom. The molecule has 1 aliphatic rings. The third-order valence-electron chi connectivity index (χ3n) is 4.78. The quantitative estimate of drug-likeness (QED) is 0.911. The van der Waals surface area contributed by atoms with E-state index in [0.717, 1.165) is 29.1 Å². The highest BCUT2D eigenvalue weighted by Crippen LogP contribution is 2.38. The number of H-pyrrole nitrogens is 1. The molecule has 1 atom stereocenters. The Kier molecular flexibility index (Phi) is 4.11. The lowest BCUT2D eigenvalue weighted by Crippen LogP contribution is -2.45. The van der Waals surface area contributed by atoms with E-state index in [-0.39, 0.29) is 5.91 Å². The van der Waals surface area contributed by atoms with Crippen LogP contribution in [0.25, 0.3) is 0 Å². The minimum absolute atomic E-state index is 0.0621. The number of benzene rings is 1. The number of carbonyl (C=O) groups excluding carboxylic acids is 1. The summed E-state index contributed by atoms with van der Waals surface area (Å²) < 4.78 is 5.67. The summed E-state index contributed by atoms with van der Waals surface area (Å²) in [6.45, 7) is 7.17. The molecule has 1 unspecified atom stereocenters. The lowest BCUT2D eigenvalue weighted by atomic mass is 9.77. The number of rotatable bonds is 4. The third-order valence-corrected chi connectivity index (χ3v) is 4.78. The van der Waals surface area contributed by atoms with Crippen LogP contribution < -0.4 is 10.1 Å². The van der Waals surface area contributed by atoms with E-state index in [1.165, 1.54) is 5.56 Å². The first kappa shape index (κ1) is 15.6. The Hall–Kier alpha value is -2.30. The van der Waals surface area contributed by atoms with Crippen molar-refractivity contribution in [2.24, 2.45) is 0 Å². The summed E-state index contributed by atoms with van der Waals surface area (Å²) in [4.78, 5) is 12.8. The lowest BCUT2D eigenvalue weighted by Gasteiger charge is -2.34. The molecule has 3 rings (SSSR count). The van der Waals surface area contributed by atoms with Gasteiger partial charge in [0.1, 0.15) is 5.75 Å². The van der Waals surface area contributed by atoms with Gasteiger partial charge in [0.15, 0.2) is 0 Å². The van der Waals surface area contributed by atoms with Crippen LogP contribution in [-0.4, -0.2) is 29.3 Å². The molecule has 2 aromatic rings. The van der Waals surface area contributed by atoms with Crippen molar-refractivity contribution in [3.05, 3.63) is 46.8 Å². The van der Waals surface area contributed by atoms with E-state index in [1.807, 2.05) is 45.0 Å². The molecule has 0 fully saturated rings. The van der Waals surface area contributed by atoms with Crippen LogP contribution in [0.4, 0.5) is 0 Å². The summed E-state index contributed by atoms with van der Waals surface area (Å²) in [6, 6.07) is 7.81. The number of carbonyl (C=O) groups is 1. The van der Waals surface area contributed by atoms with Crippen LogP contribution in [0.15, 0.2) is 24.3 Å². The van der Waals surface area contributed by atoms with Crippen molar-refractivity contribution in [3.63, 3.8) is 0 Å². The van der Waals surface area contributed by atoms with Gasteiger partial charge in [-0.15, -0.1) is 0 Å². The molecular formula is C18H23N3O2. The minimum Gasteiger partial charge on any atom is -0.493 e. The fraction of sp³-hybridized carbons (Fsp3) is 0.444. The second-order valence-corrected chi connectivity index (χ2v) is 6.35. The van der Waals surface area contributed by atoms with Crippen molar-refractivity contribution in [1.82, 2.24) is 15.5 Å².